The van der Waals surface area contributed by atoms with Crippen LogP contribution in [0.25, 0.3) is 0 Å². The molecule has 1 aromatic heterocycles. The van der Waals surface area contributed by atoms with E-state index in [1.165, 1.54) is 12.8 Å². The summed E-state index contributed by atoms with van der Waals surface area (Å²) < 4.78 is 0. The molecule has 2 rings (SSSR count). The van der Waals surface area contributed by atoms with Crippen molar-refractivity contribution in [3.63, 3.8) is 0 Å². The van der Waals surface area contributed by atoms with Crippen molar-refractivity contribution in [2.75, 3.05) is 18.0 Å². The van der Waals surface area contributed by atoms with E-state index in [0.717, 1.165) is 24.7 Å². The third kappa shape index (κ3) is 2.67. The highest BCUT2D eigenvalue weighted by Crippen LogP contribution is 2.22. The van der Waals surface area contributed by atoms with E-state index < -0.39 is 0 Å². The molecule has 1 aromatic rings. The first-order valence-electron chi connectivity index (χ1n) is 5.89. The average Bonchev–Trinajstić information content (AvgIpc) is 2.39. The van der Waals surface area contributed by atoms with E-state index in [0.29, 0.717) is 5.69 Å². The van der Waals surface area contributed by atoms with Crippen LogP contribution in [0, 0.1) is 5.92 Å². The molecule has 1 saturated heterocycles. The molecule has 5 nitrogen and oxygen atoms in total. The first kappa shape index (κ1) is 11.7. The number of oxime groups is 1. The molecule has 0 unspecified atom stereocenters. The van der Waals surface area contributed by atoms with E-state index in [9.17, 15) is 0 Å². The molecule has 0 bridgehead atoms. The normalized spacial score (nSPS) is 18.4. The van der Waals surface area contributed by atoms with Crippen LogP contribution in [-0.2, 0) is 0 Å². The zero-order valence-corrected chi connectivity index (χ0v) is 10.0. The van der Waals surface area contributed by atoms with Crippen molar-refractivity contribution in [1.82, 2.24) is 4.98 Å². The van der Waals surface area contributed by atoms with Gasteiger partial charge in [0.2, 0.25) is 0 Å². The van der Waals surface area contributed by atoms with E-state index in [2.05, 4.69) is 22.0 Å². The summed E-state index contributed by atoms with van der Waals surface area (Å²) in [5, 5.41) is 11.5. The predicted molar refractivity (Wildman–Crippen MR) is 67.4 cm³/mol. The van der Waals surface area contributed by atoms with E-state index >= 15 is 0 Å². The number of anilines is 1. The molecular formula is C12H18N4O. The summed E-state index contributed by atoms with van der Waals surface area (Å²) in [4.78, 5) is 6.51. The first-order chi connectivity index (χ1) is 8.20. The van der Waals surface area contributed by atoms with Gasteiger partial charge in [0, 0.05) is 13.1 Å². The van der Waals surface area contributed by atoms with Crippen molar-refractivity contribution < 1.29 is 5.21 Å². The van der Waals surface area contributed by atoms with Gasteiger partial charge in [0.15, 0.2) is 5.84 Å². The molecule has 5 heteroatoms. The second-order valence-corrected chi connectivity index (χ2v) is 4.56. The van der Waals surface area contributed by atoms with Crippen molar-refractivity contribution >= 4 is 11.5 Å². The van der Waals surface area contributed by atoms with Gasteiger partial charge in [0.05, 0.1) is 11.9 Å². The monoisotopic (exact) mass is 234 g/mol. The van der Waals surface area contributed by atoms with E-state index in [1.54, 1.807) is 12.3 Å². The van der Waals surface area contributed by atoms with Gasteiger partial charge >= 0.3 is 0 Å². The van der Waals surface area contributed by atoms with Gasteiger partial charge in [-0.1, -0.05) is 12.1 Å². The molecule has 0 radical (unpaired) electrons. The van der Waals surface area contributed by atoms with Crippen molar-refractivity contribution in [3.8, 4) is 0 Å². The van der Waals surface area contributed by atoms with Crippen LogP contribution in [0.3, 0.4) is 0 Å². The summed E-state index contributed by atoms with van der Waals surface area (Å²) in [6, 6.07) is 3.75. The standard InChI is InChI=1S/C12H18N4O/c1-9-4-6-16(7-5-9)10-2-3-11(14-8-10)12(13)15-17/h2-3,8-9,17H,4-7H2,1H3,(H2,13,15). The largest absolute Gasteiger partial charge is 0.409 e. The van der Waals surface area contributed by atoms with Crippen LogP contribution < -0.4 is 10.6 Å². The maximum absolute atomic E-state index is 8.55. The van der Waals surface area contributed by atoms with Crippen LogP contribution in [0.4, 0.5) is 5.69 Å². The molecular weight excluding hydrogens is 216 g/mol. The van der Waals surface area contributed by atoms with Crippen LogP contribution in [-0.4, -0.2) is 29.1 Å². The average molecular weight is 234 g/mol. The van der Waals surface area contributed by atoms with Crippen molar-refractivity contribution in [3.05, 3.63) is 24.0 Å². The number of aromatic nitrogens is 1. The van der Waals surface area contributed by atoms with Crippen molar-refractivity contribution in [2.24, 2.45) is 16.8 Å². The Kier molecular flexibility index (Phi) is 3.46. The molecule has 3 N–H and O–H groups in total. The lowest BCUT2D eigenvalue weighted by Gasteiger charge is -2.31. The van der Waals surface area contributed by atoms with Crippen LogP contribution in [0.15, 0.2) is 23.5 Å². The van der Waals surface area contributed by atoms with Gasteiger partial charge in [-0.2, -0.15) is 0 Å². The fourth-order valence-electron chi connectivity index (χ4n) is 2.04. The Morgan fingerprint density at radius 2 is 2.18 bits per heavy atom. The molecule has 1 fully saturated rings. The zero-order valence-electron chi connectivity index (χ0n) is 10.0. The van der Waals surface area contributed by atoms with Gasteiger partial charge < -0.3 is 15.8 Å². The number of piperidine rings is 1. The second-order valence-electron chi connectivity index (χ2n) is 4.56. The maximum atomic E-state index is 8.55. The Hall–Kier alpha value is -1.78. The smallest absolute Gasteiger partial charge is 0.188 e. The van der Waals surface area contributed by atoms with Gasteiger partial charge in [-0.25, -0.2) is 0 Å². The molecule has 1 aliphatic heterocycles. The highest BCUT2D eigenvalue weighted by molar-refractivity contribution is 5.95. The minimum Gasteiger partial charge on any atom is -0.409 e. The molecule has 1 aliphatic rings. The molecule has 0 atom stereocenters. The van der Waals surface area contributed by atoms with Gasteiger partial charge in [-0.15, -0.1) is 0 Å². The summed E-state index contributed by atoms with van der Waals surface area (Å²) in [5.41, 5.74) is 7.07. The minimum absolute atomic E-state index is 0.0452. The predicted octanol–water partition coefficient (Wildman–Crippen LogP) is 1.41. The van der Waals surface area contributed by atoms with E-state index in [4.69, 9.17) is 10.9 Å². The molecule has 0 aromatic carbocycles. The van der Waals surface area contributed by atoms with Gasteiger partial charge in [-0.3, -0.25) is 4.98 Å². The third-order valence-electron chi connectivity index (χ3n) is 3.27. The number of rotatable bonds is 2. The highest BCUT2D eigenvalue weighted by Gasteiger charge is 2.16. The fraction of sp³-hybridized carbons (Fsp3) is 0.500. The molecule has 0 amide bonds. The Labute approximate surface area is 101 Å². The summed E-state index contributed by atoms with van der Waals surface area (Å²) >= 11 is 0. The summed E-state index contributed by atoms with van der Waals surface area (Å²) in [6.45, 7) is 4.44. The number of nitrogens with zero attached hydrogens (tertiary/aromatic N) is 3. The topological polar surface area (TPSA) is 74.7 Å². The lowest BCUT2D eigenvalue weighted by atomic mass is 9.99. The Bertz CT molecular complexity index is 393. The highest BCUT2D eigenvalue weighted by atomic mass is 16.4. The molecule has 0 aliphatic carbocycles. The SMILES string of the molecule is CC1CCN(c2ccc(/C(N)=N/O)nc2)CC1. The maximum Gasteiger partial charge on any atom is 0.188 e. The van der Waals surface area contributed by atoms with Crippen LogP contribution >= 0.6 is 0 Å². The van der Waals surface area contributed by atoms with E-state index in [-0.39, 0.29) is 5.84 Å². The molecule has 17 heavy (non-hydrogen) atoms. The Morgan fingerprint density at radius 1 is 1.47 bits per heavy atom. The van der Waals surface area contributed by atoms with Crippen molar-refractivity contribution in [2.45, 2.75) is 19.8 Å². The van der Waals surface area contributed by atoms with Gasteiger partial charge in [0.25, 0.3) is 0 Å². The number of nitrogens with two attached hydrogens (primary N) is 1. The number of pyridine rings is 1. The molecule has 2 heterocycles. The minimum atomic E-state index is 0.0452. The first-order valence-corrected chi connectivity index (χ1v) is 5.89. The summed E-state index contributed by atoms with van der Waals surface area (Å²) in [5.74, 6) is 0.861. The zero-order chi connectivity index (χ0) is 12.3. The van der Waals surface area contributed by atoms with Crippen LogP contribution in [0.1, 0.15) is 25.5 Å². The van der Waals surface area contributed by atoms with Crippen LogP contribution in [0.5, 0.6) is 0 Å². The Balaban J connectivity index is 2.08. The third-order valence-corrected chi connectivity index (χ3v) is 3.27. The quantitative estimate of drug-likeness (QED) is 0.351. The van der Waals surface area contributed by atoms with E-state index in [1.807, 2.05) is 6.07 Å². The van der Waals surface area contributed by atoms with Crippen LogP contribution in [0.2, 0.25) is 0 Å². The fourth-order valence-corrected chi connectivity index (χ4v) is 2.04. The molecule has 0 spiro atoms. The Morgan fingerprint density at radius 3 is 2.71 bits per heavy atom. The van der Waals surface area contributed by atoms with Gasteiger partial charge in [0.1, 0.15) is 5.69 Å². The summed E-state index contributed by atoms with van der Waals surface area (Å²) in [6.07, 6.45) is 4.23. The number of amidine groups is 1. The number of hydrogen-bond donors (Lipinski definition) is 2. The van der Waals surface area contributed by atoms with Gasteiger partial charge in [-0.05, 0) is 30.9 Å². The number of hydrogen-bond acceptors (Lipinski definition) is 4. The lowest BCUT2D eigenvalue weighted by molar-refractivity contribution is 0.318. The summed E-state index contributed by atoms with van der Waals surface area (Å²) in [7, 11) is 0. The van der Waals surface area contributed by atoms with Crippen molar-refractivity contribution in [1.29, 1.82) is 0 Å². The molecule has 92 valence electrons. The lowest BCUT2D eigenvalue weighted by Crippen LogP contribution is -2.32. The second kappa shape index (κ2) is 5.03. The molecule has 0 saturated carbocycles.